The highest BCUT2D eigenvalue weighted by Gasteiger charge is 2.31. The van der Waals surface area contributed by atoms with Crippen LogP contribution in [0.2, 0.25) is 0 Å². The molecule has 0 radical (unpaired) electrons. The maximum absolute atomic E-state index is 11.8. The highest BCUT2D eigenvalue weighted by Crippen LogP contribution is 2.33. The average Bonchev–Trinajstić information content (AvgIpc) is 2.80. The molecule has 0 amide bonds. The number of carbonyl (C=O) groups is 4. The highest BCUT2D eigenvalue weighted by molar-refractivity contribution is 5.98. The molecule has 2 aromatic rings. The van der Waals surface area contributed by atoms with Crippen molar-refractivity contribution in [3.8, 4) is 11.5 Å². The van der Waals surface area contributed by atoms with E-state index in [0.29, 0.717) is 0 Å². The lowest BCUT2D eigenvalue weighted by atomic mass is 9.78. The molecule has 0 fully saturated rings. The first-order chi connectivity index (χ1) is 15.5. The van der Waals surface area contributed by atoms with Crippen LogP contribution in [-0.4, -0.2) is 60.5 Å². The van der Waals surface area contributed by atoms with Gasteiger partial charge >= 0.3 is 23.9 Å². The minimum atomic E-state index is -2.00. The second kappa shape index (κ2) is 10.5. The van der Waals surface area contributed by atoms with E-state index in [9.17, 15) is 19.2 Å². The maximum atomic E-state index is 11.8. The molecule has 2 aromatic carbocycles. The van der Waals surface area contributed by atoms with Gasteiger partial charge in [-0.25, -0.2) is 19.2 Å². The summed E-state index contributed by atoms with van der Waals surface area (Å²) in [5.74, 6) is -4.62. The number of ether oxygens (including phenoxy) is 4. The SMILES string of the molecule is COC(=O)C(Oc1ccc(C(C)(C)c2ccc(OC(C(=O)O)C(=O)O)cc2)cc1)C(=O)OC. The molecule has 10 nitrogen and oxygen atoms in total. The van der Waals surface area contributed by atoms with E-state index in [1.54, 1.807) is 36.4 Å². The lowest BCUT2D eigenvalue weighted by Gasteiger charge is -2.27. The van der Waals surface area contributed by atoms with Gasteiger partial charge in [-0.3, -0.25) is 0 Å². The third-order valence-electron chi connectivity index (χ3n) is 4.94. The number of methoxy groups -OCH3 is 2. The summed E-state index contributed by atoms with van der Waals surface area (Å²) in [5, 5.41) is 17.9. The number of carboxylic acids is 2. The fourth-order valence-corrected chi connectivity index (χ4v) is 2.95. The lowest BCUT2D eigenvalue weighted by Crippen LogP contribution is -2.37. The number of carbonyl (C=O) groups excluding carboxylic acids is 2. The number of rotatable bonds is 10. The standard InChI is InChI=1S/C23H24O10/c1-23(2,13-5-9-15(10-6-13)32-17(19(24)25)20(26)27)14-7-11-16(12-8-14)33-18(21(28)30-3)22(29)31-4/h5-12,17-18H,1-4H3,(H,24,25)(H,26,27). The molecule has 0 unspecified atom stereocenters. The summed E-state index contributed by atoms with van der Waals surface area (Å²) in [4.78, 5) is 45.5. The molecule has 10 heteroatoms. The van der Waals surface area contributed by atoms with Crippen LogP contribution in [0.3, 0.4) is 0 Å². The normalized spacial score (nSPS) is 11.1. The van der Waals surface area contributed by atoms with Crippen molar-refractivity contribution in [3.05, 3.63) is 59.7 Å². The van der Waals surface area contributed by atoms with E-state index in [2.05, 4.69) is 9.47 Å². The summed E-state index contributed by atoms with van der Waals surface area (Å²) in [5.41, 5.74) is 1.19. The lowest BCUT2D eigenvalue weighted by molar-refractivity contribution is -0.163. The molecule has 0 atom stereocenters. The van der Waals surface area contributed by atoms with Gasteiger partial charge in [-0.1, -0.05) is 38.1 Å². The molecule has 0 saturated carbocycles. The quantitative estimate of drug-likeness (QED) is 0.399. The number of carboxylic acid groups (broad SMARTS) is 2. The molecule has 0 spiro atoms. The zero-order valence-electron chi connectivity index (χ0n) is 18.4. The molecule has 33 heavy (non-hydrogen) atoms. The smallest absolute Gasteiger partial charge is 0.359 e. The Morgan fingerprint density at radius 1 is 0.667 bits per heavy atom. The van der Waals surface area contributed by atoms with Crippen LogP contribution in [0.4, 0.5) is 0 Å². The van der Waals surface area contributed by atoms with Gasteiger partial charge in [0.25, 0.3) is 12.2 Å². The predicted molar refractivity (Wildman–Crippen MR) is 113 cm³/mol. The predicted octanol–water partition coefficient (Wildman–Crippen LogP) is 2.02. The van der Waals surface area contributed by atoms with Gasteiger partial charge in [0.1, 0.15) is 11.5 Å². The van der Waals surface area contributed by atoms with Gasteiger partial charge in [0, 0.05) is 5.41 Å². The molecular formula is C23H24O10. The second-order valence-electron chi connectivity index (χ2n) is 7.39. The number of esters is 2. The minimum Gasteiger partial charge on any atom is -0.478 e. The van der Waals surface area contributed by atoms with Crippen molar-refractivity contribution in [3.63, 3.8) is 0 Å². The second-order valence-corrected chi connectivity index (χ2v) is 7.39. The van der Waals surface area contributed by atoms with Gasteiger partial charge in [-0.05, 0) is 35.4 Å². The fourth-order valence-electron chi connectivity index (χ4n) is 2.95. The van der Waals surface area contributed by atoms with Crippen LogP contribution in [0.5, 0.6) is 11.5 Å². The first-order valence-corrected chi connectivity index (χ1v) is 9.67. The van der Waals surface area contributed by atoms with E-state index in [0.717, 1.165) is 25.3 Å². The molecule has 0 aliphatic rings. The van der Waals surface area contributed by atoms with Gasteiger partial charge in [0.15, 0.2) is 0 Å². The van der Waals surface area contributed by atoms with Gasteiger partial charge in [-0.15, -0.1) is 0 Å². The Hall–Kier alpha value is -4.08. The molecule has 0 saturated heterocycles. The Morgan fingerprint density at radius 2 is 1.00 bits per heavy atom. The Kier molecular flexibility index (Phi) is 8.00. The zero-order valence-corrected chi connectivity index (χ0v) is 18.4. The first kappa shape index (κ1) is 25.2. The molecule has 0 bridgehead atoms. The van der Waals surface area contributed by atoms with E-state index in [1.165, 1.54) is 12.1 Å². The maximum Gasteiger partial charge on any atom is 0.359 e. The van der Waals surface area contributed by atoms with Crippen LogP contribution in [0.15, 0.2) is 48.5 Å². The van der Waals surface area contributed by atoms with Crippen LogP contribution in [0.25, 0.3) is 0 Å². The summed E-state index contributed by atoms with van der Waals surface area (Å²) in [7, 11) is 2.26. The van der Waals surface area contributed by atoms with Crippen LogP contribution < -0.4 is 9.47 Å². The highest BCUT2D eigenvalue weighted by atomic mass is 16.6. The molecule has 0 aliphatic carbocycles. The van der Waals surface area contributed by atoms with Gasteiger partial charge in [0.2, 0.25) is 0 Å². The van der Waals surface area contributed by atoms with Crippen molar-refractivity contribution in [2.45, 2.75) is 31.5 Å². The summed E-state index contributed by atoms with van der Waals surface area (Å²) in [6.45, 7) is 3.89. The van der Waals surface area contributed by atoms with Crippen molar-refractivity contribution < 1.29 is 48.3 Å². The van der Waals surface area contributed by atoms with Crippen LogP contribution in [0.1, 0.15) is 25.0 Å². The molecule has 2 N–H and O–H groups in total. The Morgan fingerprint density at radius 3 is 1.30 bits per heavy atom. The molecule has 176 valence electrons. The van der Waals surface area contributed by atoms with Crippen molar-refractivity contribution in [1.82, 2.24) is 0 Å². The number of aliphatic carboxylic acids is 2. The Labute approximate surface area is 189 Å². The molecule has 2 rings (SSSR count). The van der Waals surface area contributed by atoms with Crippen LogP contribution >= 0.6 is 0 Å². The topological polar surface area (TPSA) is 146 Å². The van der Waals surface area contributed by atoms with E-state index >= 15 is 0 Å². The van der Waals surface area contributed by atoms with E-state index in [1.807, 2.05) is 13.8 Å². The van der Waals surface area contributed by atoms with Gasteiger partial charge in [0.05, 0.1) is 14.2 Å². The van der Waals surface area contributed by atoms with E-state index in [4.69, 9.17) is 19.7 Å². The summed E-state index contributed by atoms with van der Waals surface area (Å²) in [6, 6.07) is 13.1. The summed E-state index contributed by atoms with van der Waals surface area (Å²) in [6.07, 6.45) is -3.55. The minimum absolute atomic E-state index is 0.102. The molecule has 0 aromatic heterocycles. The molecule has 0 heterocycles. The van der Waals surface area contributed by atoms with Gasteiger partial charge in [-0.2, -0.15) is 0 Å². The zero-order chi connectivity index (χ0) is 24.8. The summed E-state index contributed by atoms with van der Waals surface area (Å²) < 4.78 is 19.6. The van der Waals surface area contributed by atoms with Gasteiger partial charge < -0.3 is 29.2 Å². The van der Waals surface area contributed by atoms with E-state index in [-0.39, 0.29) is 11.5 Å². The number of hydrogen-bond donors (Lipinski definition) is 2. The molecular weight excluding hydrogens is 436 g/mol. The average molecular weight is 460 g/mol. The Bertz CT molecular complexity index is 979. The third kappa shape index (κ3) is 6.00. The molecule has 0 aliphatic heterocycles. The largest absolute Gasteiger partial charge is 0.478 e. The van der Waals surface area contributed by atoms with Crippen molar-refractivity contribution in [2.24, 2.45) is 0 Å². The van der Waals surface area contributed by atoms with Crippen LogP contribution in [-0.2, 0) is 34.1 Å². The first-order valence-electron chi connectivity index (χ1n) is 9.67. The Balaban J connectivity index is 2.19. The monoisotopic (exact) mass is 460 g/mol. The third-order valence-corrected chi connectivity index (χ3v) is 4.94. The summed E-state index contributed by atoms with van der Waals surface area (Å²) >= 11 is 0. The van der Waals surface area contributed by atoms with Crippen molar-refractivity contribution >= 4 is 23.9 Å². The van der Waals surface area contributed by atoms with Crippen molar-refractivity contribution in [1.29, 1.82) is 0 Å². The van der Waals surface area contributed by atoms with E-state index < -0.39 is 41.5 Å². The number of hydrogen-bond acceptors (Lipinski definition) is 8. The number of benzene rings is 2. The fraction of sp³-hybridized carbons (Fsp3) is 0.304. The van der Waals surface area contributed by atoms with Crippen LogP contribution in [0, 0.1) is 0 Å². The van der Waals surface area contributed by atoms with Crippen molar-refractivity contribution in [2.75, 3.05) is 14.2 Å².